The van der Waals surface area contributed by atoms with Crippen LogP contribution in [0, 0.1) is 0 Å². The zero-order chi connectivity index (χ0) is 26.7. The van der Waals surface area contributed by atoms with Crippen LogP contribution >= 0.6 is 11.3 Å². The van der Waals surface area contributed by atoms with Gasteiger partial charge in [-0.1, -0.05) is 28.6 Å². The number of nitrogens with zero attached hydrogens (tertiary/aromatic N) is 4. The number of anilines is 1. The van der Waals surface area contributed by atoms with Gasteiger partial charge in [-0.15, -0.1) is 0 Å². The highest BCUT2D eigenvalue weighted by Gasteiger charge is 2.36. The fraction of sp³-hybridized carbons (Fsp3) is 0.440. The minimum Gasteiger partial charge on any atom is -0.473 e. The molecule has 1 saturated carbocycles. The molecule has 5 rings (SSSR count). The van der Waals surface area contributed by atoms with Crippen molar-refractivity contribution in [1.82, 2.24) is 14.9 Å². The third-order valence-electron chi connectivity index (χ3n) is 6.27. The van der Waals surface area contributed by atoms with Crippen LogP contribution in [0.4, 0.5) is 5.13 Å². The number of amides is 1. The molecule has 1 amide bonds. The Balaban J connectivity index is 0.00000353. The SMILES string of the molecule is CN1CC[C@@H](Oc2ccc3nc(NC(=O)/C(=N/OCCCO)c4ccc(S(=O)(=O)C5CC5)cc4)sc3n2)C1.[HH]. The number of aliphatic hydroxyl groups excluding tert-OH is 1. The molecule has 0 bridgehead atoms. The van der Waals surface area contributed by atoms with Gasteiger partial charge in [0, 0.05) is 39.2 Å². The molecule has 38 heavy (non-hydrogen) atoms. The molecule has 1 aliphatic carbocycles. The molecule has 11 nitrogen and oxygen atoms in total. The number of rotatable bonds is 11. The van der Waals surface area contributed by atoms with Gasteiger partial charge in [0.15, 0.2) is 20.7 Å². The van der Waals surface area contributed by atoms with Crippen molar-refractivity contribution in [3.05, 3.63) is 42.0 Å². The molecule has 0 spiro atoms. The molecule has 3 heterocycles. The Morgan fingerprint density at radius 1 is 1.21 bits per heavy atom. The summed E-state index contributed by atoms with van der Waals surface area (Å²) in [5.74, 6) is -0.0589. The van der Waals surface area contributed by atoms with Gasteiger partial charge in [0.2, 0.25) is 5.88 Å². The Morgan fingerprint density at radius 2 is 2.00 bits per heavy atom. The van der Waals surface area contributed by atoms with Crippen molar-refractivity contribution in [1.29, 1.82) is 0 Å². The van der Waals surface area contributed by atoms with Gasteiger partial charge in [0.1, 0.15) is 23.1 Å². The van der Waals surface area contributed by atoms with Crippen molar-refractivity contribution < 1.29 is 29.3 Å². The number of pyridine rings is 1. The second-order valence-electron chi connectivity index (χ2n) is 9.36. The largest absolute Gasteiger partial charge is 0.473 e. The summed E-state index contributed by atoms with van der Waals surface area (Å²) in [6.07, 6.45) is 2.71. The number of likely N-dealkylation sites (N-methyl/N-ethyl adjacent to an activating group) is 1. The first kappa shape index (κ1) is 26.5. The summed E-state index contributed by atoms with van der Waals surface area (Å²) >= 11 is 1.21. The van der Waals surface area contributed by atoms with Gasteiger partial charge in [0.05, 0.1) is 10.1 Å². The first-order valence-corrected chi connectivity index (χ1v) is 14.8. The van der Waals surface area contributed by atoms with Crippen LogP contribution in [0.3, 0.4) is 0 Å². The van der Waals surface area contributed by atoms with E-state index in [1.165, 1.54) is 35.6 Å². The standard InChI is InChI=1S/C25H29N5O6S2.H2/c1-30-12-11-17(15-30)36-21-10-9-20-24(27-21)37-25(26-20)28-23(32)22(29-35-14-2-13-31)16-3-5-18(6-4-16)38(33,34)19-7-8-19;/h3-6,9-10,17,19,31H,2,7-8,11-15H2,1H3,(H,26,28,32);1H/b29-22+;/t17-;/m1./s1. The third kappa shape index (κ3) is 6.12. The lowest BCUT2D eigenvalue weighted by Crippen LogP contribution is -2.24. The lowest BCUT2D eigenvalue weighted by atomic mass is 10.1. The predicted molar refractivity (Wildman–Crippen MR) is 146 cm³/mol. The second kappa shape index (κ2) is 11.3. The number of nitrogens with one attached hydrogen (secondary N) is 1. The molecule has 0 radical (unpaired) electrons. The van der Waals surface area contributed by atoms with Crippen LogP contribution in [0.1, 0.15) is 32.7 Å². The smallest absolute Gasteiger partial charge is 0.280 e. The fourth-order valence-corrected chi connectivity index (χ4v) is 6.56. The maximum Gasteiger partial charge on any atom is 0.280 e. The average Bonchev–Trinajstić information content (AvgIpc) is 3.58. The molecule has 1 aliphatic heterocycles. The molecule has 204 valence electrons. The number of aliphatic hydroxyl groups is 1. The highest BCUT2D eigenvalue weighted by molar-refractivity contribution is 7.92. The normalized spacial score (nSPS) is 18.6. The van der Waals surface area contributed by atoms with E-state index in [1.807, 2.05) is 0 Å². The van der Waals surface area contributed by atoms with E-state index in [0.29, 0.717) is 46.2 Å². The Hall–Kier alpha value is -3.13. The number of oxime groups is 1. The van der Waals surface area contributed by atoms with E-state index in [4.69, 9.17) is 14.7 Å². The van der Waals surface area contributed by atoms with Crippen LogP contribution in [0.15, 0.2) is 46.4 Å². The van der Waals surface area contributed by atoms with Crippen LogP contribution in [0.5, 0.6) is 5.88 Å². The lowest BCUT2D eigenvalue weighted by molar-refractivity contribution is -0.110. The van der Waals surface area contributed by atoms with Crippen LogP contribution in [-0.4, -0.2) is 84.7 Å². The van der Waals surface area contributed by atoms with Crippen LogP contribution in [0.25, 0.3) is 10.3 Å². The Morgan fingerprint density at radius 3 is 2.68 bits per heavy atom. The highest BCUT2D eigenvalue weighted by atomic mass is 32.2. The quantitative estimate of drug-likeness (QED) is 0.205. The lowest BCUT2D eigenvalue weighted by Gasteiger charge is -2.12. The summed E-state index contributed by atoms with van der Waals surface area (Å²) < 4.78 is 31.1. The number of carbonyl (C=O) groups excluding carboxylic acids is 1. The molecule has 1 atom stereocenters. The van der Waals surface area contributed by atoms with Gasteiger partial charge in [-0.2, -0.15) is 0 Å². The molecular weight excluding hydrogens is 530 g/mol. The number of ether oxygens (including phenoxy) is 1. The number of thiazole rings is 1. The maximum absolute atomic E-state index is 13.2. The monoisotopic (exact) mass is 561 g/mol. The average molecular weight is 562 g/mol. The molecule has 2 aliphatic rings. The zero-order valence-corrected chi connectivity index (χ0v) is 22.5. The summed E-state index contributed by atoms with van der Waals surface area (Å²) in [7, 11) is -1.30. The molecule has 1 saturated heterocycles. The molecule has 2 fully saturated rings. The Kier molecular flexibility index (Phi) is 7.88. The molecule has 0 unspecified atom stereocenters. The number of benzene rings is 1. The van der Waals surface area contributed by atoms with Gasteiger partial charge in [-0.05, 0) is 44.5 Å². The summed E-state index contributed by atoms with van der Waals surface area (Å²) in [6, 6.07) is 9.59. The van der Waals surface area contributed by atoms with Gasteiger partial charge < -0.3 is 19.6 Å². The van der Waals surface area contributed by atoms with Crippen molar-refractivity contribution in [2.75, 3.05) is 38.7 Å². The first-order valence-electron chi connectivity index (χ1n) is 12.4. The van der Waals surface area contributed by atoms with E-state index in [1.54, 1.807) is 12.1 Å². The number of sulfone groups is 1. The van der Waals surface area contributed by atoms with Gasteiger partial charge >= 0.3 is 0 Å². The summed E-state index contributed by atoms with van der Waals surface area (Å²) in [6.45, 7) is 1.87. The number of likely N-dealkylation sites (tertiary alicyclic amines) is 1. The topological polar surface area (TPSA) is 143 Å². The predicted octanol–water partition coefficient (Wildman–Crippen LogP) is 2.70. The van der Waals surface area contributed by atoms with Gasteiger partial charge in [-0.3, -0.25) is 10.1 Å². The maximum atomic E-state index is 13.2. The Labute approximate surface area is 225 Å². The summed E-state index contributed by atoms with van der Waals surface area (Å²) in [5, 5.41) is 15.7. The van der Waals surface area contributed by atoms with Crippen LogP contribution < -0.4 is 10.1 Å². The minimum atomic E-state index is -3.36. The number of carbonyl (C=O) groups is 1. The molecular formula is C25H31N5O6S2. The zero-order valence-electron chi connectivity index (χ0n) is 20.9. The summed E-state index contributed by atoms with van der Waals surface area (Å²) in [5.41, 5.74) is 0.964. The third-order valence-corrected chi connectivity index (χ3v) is 9.43. The molecule has 1 aromatic carbocycles. The van der Waals surface area contributed by atoms with Crippen molar-refractivity contribution in [3.8, 4) is 5.88 Å². The number of aromatic nitrogens is 2. The second-order valence-corrected chi connectivity index (χ2v) is 12.6. The number of fused-ring (bicyclic) bond motifs is 1. The van der Waals surface area contributed by atoms with E-state index in [2.05, 4.69) is 32.4 Å². The van der Waals surface area contributed by atoms with Crippen molar-refractivity contribution in [2.45, 2.75) is 41.9 Å². The van der Waals surface area contributed by atoms with Crippen molar-refractivity contribution >= 4 is 48.3 Å². The molecule has 2 N–H and O–H groups in total. The highest BCUT2D eigenvalue weighted by Crippen LogP contribution is 2.33. The number of hydrogen-bond donors (Lipinski definition) is 2. The van der Waals surface area contributed by atoms with E-state index in [9.17, 15) is 13.2 Å². The van der Waals surface area contributed by atoms with Crippen LogP contribution in [-0.2, 0) is 19.5 Å². The van der Waals surface area contributed by atoms with Crippen LogP contribution in [0.2, 0.25) is 0 Å². The Bertz CT molecular complexity index is 1440. The number of hydrogen-bond acceptors (Lipinski definition) is 11. The molecule has 13 heteroatoms. The summed E-state index contributed by atoms with van der Waals surface area (Å²) in [4.78, 5) is 30.5. The van der Waals surface area contributed by atoms with Gasteiger partial charge in [-0.25, -0.2) is 18.4 Å². The first-order chi connectivity index (χ1) is 18.3. The van der Waals surface area contributed by atoms with Crippen molar-refractivity contribution in [2.24, 2.45) is 5.16 Å². The van der Waals surface area contributed by atoms with E-state index >= 15 is 0 Å². The van der Waals surface area contributed by atoms with E-state index < -0.39 is 15.7 Å². The molecule has 2 aromatic heterocycles. The van der Waals surface area contributed by atoms with E-state index in [0.717, 1.165) is 19.5 Å². The van der Waals surface area contributed by atoms with Crippen molar-refractivity contribution in [3.63, 3.8) is 0 Å². The van der Waals surface area contributed by atoms with E-state index in [-0.39, 0.29) is 36.6 Å². The minimum absolute atomic E-state index is 0. The van der Waals surface area contributed by atoms with Gasteiger partial charge in [0.25, 0.3) is 5.91 Å². The fourth-order valence-electron chi connectivity index (χ4n) is 4.07. The molecule has 3 aromatic rings.